The third-order valence-electron chi connectivity index (χ3n) is 1.98. The van der Waals surface area contributed by atoms with Crippen LogP contribution < -0.4 is 0 Å². The van der Waals surface area contributed by atoms with Crippen molar-refractivity contribution in [2.75, 3.05) is 0 Å². The smallest absolute Gasteiger partial charge is 1.00 e. The second-order valence-electron chi connectivity index (χ2n) is 3.12. The third kappa shape index (κ3) is 3.95. The fourth-order valence-electron chi connectivity index (χ4n) is 1.23. The van der Waals surface area contributed by atoms with Crippen LogP contribution in [-0.4, -0.2) is 15.2 Å². The SMILES string of the molecule is CCC[CH2][Al+][CH2]c1ccccc1.[H-]. The molecule has 0 aliphatic rings. The Kier molecular flexibility index (Phi) is 5.16. The van der Waals surface area contributed by atoms with Crippen molar-refractivity contribution >= 4 is 15.2 Å². The van der Waals surface area contributed by atoms with Gasteiger partial charge in [0.05, 0.1) is 0 Å². The van der Waals surface area contributed by atoms with Crippen LogP contribution in [0, 0.1) is 0 Å². The molecule has 0 bridgehead atoms. The van der Waals surface area contributed by atoms with Gasteiger partial charge in [-0.2, -0.15) is 0 Å². The predicted octanol–water partition coefficient (Wildman–Crippen LogP) is 3.22. The summed E-state index contributed by atoms with van der Waals surface area (Å²) in [5.74, 6) is 0. The Morgan fingerprint density at radius 1 is 1.25 bits per heavy atom. The molecular weight excluding hydrogens is 159 g/mol. The second-order valence-corrected chi connectivity index (χ2v) is 4.68. The molecule has 0 radical (unpaired) electrons. The van der Waals surface area contributed by atoms with Crippen LogP contribution in [0.25, 0.3) is 0 Å². The molecule has 0 saturated carbocycles. The zero-order valence-electron chi connectivity index (χ0n) is 8.79. The van der Waals surface area contributed by atoms with E-state index < -0.39 is 0 Å². The van der Waals surface area contributed by atoms with Gasteiger partial charge in [0, 0.05) is 0 Å². The minimum Gasteiger partial charge on any atom is -1.00 e. The van der Waals surface area contributed by atoms with Crippen LogP contribution in [0.5, 0.6) is 0 Å². The summed E-state index contributed by atoms with van der Waals surface area (Å²) in [5, 5.41) is 2.80. The quantitative estimate of drug-likeness (QED) is 0.477. The minimum atomic E-state index is 0. The van der Waals surface area contributed by atoms with Crippen molar-refractivity contribution in [3.8, 4) is 0 Å². The Balaban J connectivity index is 0.00000144. The van der Waals surface area contributed by atoms with Gasteiger partial charge < -0.3 is 1.43 Å². The molecule has 1 aromatic carbocycles. The van der Waals surface area contributed by atoms with Crippen LogP contribution in [0.2, 0.25) is 5.28 Å². The first kappa shape index (κ1) is 9.84. The molecule has 1 rings (SSSR count). The maximum atomic E-state index is 2.27. The predicted molar refractivity (Wildman–Crippen MR) is 56.7 cm³/mol. The fourth-order valence-corrected chi connectivity index (χ4v) is 2.74. The van der Waals surface area contributed by atoms with Crippen molar-refractivity contribution in [1.82, 2.24) is 0 Å². The molecule has 0 spiro atoms. The summed E-state index contributed by atoms with van der Waals surface area (Å²) in [5.41, 5.74) is 1.52. The minimum absolute atomic E-state index is 0. The molecule has 0 heterocycles. The van der Waals surface area contributed by atoms with Gasteiger partial charge in [0.15, 0.2) is 0 Å². The zero-order valence-corrected chi connectivity index (χ0v) is 8.95. The van der Waals surface area contributed by atoms with Gasteiger partial charge in [-0.1, -0.05) is 0 Å². The standard InChI is InChI=1S/C7H7.C4H9.Al.H/c1-7-5-3-2-4-6-7;1-3-4-2;;/h2-6H,1H2;1,3-4H2,2H3;;/q;;+1;-1. The van der Waals surface area contributed by atoms with Crippen molar-refractivity contribution in [3.63, 3.8) is 0 Å². The van der Waals surface area contributed by atoms with E-state index in [0.717, 1.165) is 0 Å². The first-order chi connectivity index (χ1) is 5.93. The molecule has 0 nitrogen and oxygen atoms in total. The Morgan fingerprint density at radius 2 is 2.00 bits per heavy atom. The maximum absolute atomic E-state index is 2.27. The van der Waals surface area contributed by atoms with Crippen LogP contribution >= 0.6 is 0 Å². The van der Waals surface area contributed by atoms with Gasteiger partial charge in [-0.25, -0.2) is 0 Å². The molecule has 0 saturated heterocycles. The first-order valence-electron chi connectivity index (χ1n) is 4.79. The Bertz CT molecular complexity index is 199. The van der Waals surface area contributed by atoms with Gasteiger partial charge in [-0.05, 0) is 0 Å². The summed E-state index contributed by atoms with van der Waals surface area (Å²) in [6, 6.07) is 10.8. The molecule has 1 heteroatoms. The second kappa shape index (κ2) is 6.29. The van der Waals surface area contributed by atoms with Crippen molar-refractivity contribution in [1.29, 1.82) is 0 Å². The summed E-state index contributed by atoms with van der Waals surface area (Å²) < 4.78 is 0. The van der Waals surface area contributed by atoms with E-state index in [1.54, 1.807) is 0 Å². The summed E-state index contributed by atoms with van der Waals surface area (Å²) in [6.45, 7) is 2.27. The molecule has 0 N–H and O–H groups in total. The number of unbranched alkanes of at least 4 members (excludes halogenated alkanes) is 1. The molecule has 0 amide bonds. The molecule has 0 atom stereocenters. The maximum Gasteiger partial charge on any atom is -1.00 e. The van der Waals surface area contributed by atoms with Crippen molar-refractivity contribution < 1.29 is 1.43 Å². The first-order valence-corrected chi connectivity index (χ1v) is 6.42. The zero-order chi connectivity index (χ0) is 8.65. The van der Waals surface area contributed by atoms with E-state index in [2.05, 4.69) is 37.3 Å². The van der Waals surface area contributed by atoms with Gasteiger partial charge in [0.25, 0.3) is 0 Å². The number of hydrogen-bond acceptors (Lipinski definition) is 0. The topological polar surface area (TPSA) is 0 Å². The Labute approximate surface area is 83.2 Å². The van der Waals surface area contributed by atoms with Crippen LogP contribution in [0.15, 0.2) is 30.3 Å². The molecular formula is C11H17Al. The molecule has 0 unspecified atom stereocenters. The molecule has 12 heavy (non-hydrogen) atoms. The molecule has 0 aliphatic heterocycles. The molecule has 1 aromatic rings. The van der Waals surface area contributed by atoms with E-state index in [9.17, 15) is 0 Å². The van der Waals surface area contributed by atoms with Crippen LogP contribution in [0.4, 0.5) is 0 Å². The monoisotopic (exact) mass is 176 g/mol. The summed E-state index contributed by atoms with van der Waals surface area (Å²) in [4.78, 5) is 0. The number of rotatable bonds is 5. The third-order valence-corrected chi connectivity index (χ3v) is 3.56. The van der Waals surface area contributed by atoms with Gasteiger partial charge in [-0.15, -0.1) is 0 Å². The summed E-state index contributed by atoms with van der Waals surface area (Å²) in [6.07, 6.45) is 2.77. The molecule has 0 aromatic heterocycles. The van der Waals surface area contributed by atoms with E-state index in [0.29, 0.717) is 15.2 Å². The van der Waals surface area contributed by atoms with Gasteiger partial charge in [0.2, 0.25) is 0 Å². The van der Waals surface area contributed by atoms with Crippen molar-refractivity contribution in [2.45, 2.75) is 30.3 Å². The molecule has 0 aliphatic carbocycles. The number of benzene rings is 1. The fraction of sp³-hybridized carbons (Fsp3) is 0.455. The summed E-state index contributed by atoms with van der Waals surface area (Å²) in [7, 11) is 0. The average molecular weight is 176 g/mol. The van der Waals surface area contributed by atoms with Crippen molar-refractivity contribution in [2.24, 2.45) is 0 Å². The van der Waals surface area contributed by atoms with Crippen molar-refractivity contribution in [3.05, 3.63) is 35.9 Å². The summed E-state index contributed by atoms with van der Waals surface area (Å²) >= 11 is 0.659. The van der Waals surface area contributed by atoms with E-state index in [-0.39, 0.29) is 1.43 Å². The van der Waals surface area contributed by atoms with Crippen LogP contribution in [0.3, 0.4) is 0 Å². The van der Waals surface area contributed by atoms with Gasteiger partial charge in [0.1, 0.15) is 0 Å². The van der Waals surface area contributed by atoms with E-state index in [4.69, 9.17) is 0 Å². The molecule has 64 valence electrons. The Morgan fingerprint density at radius 3 is 2.67 bits per heavy atom. The van der Waals surface area contributed by atoms with E-state index in [1.165, 1.54) is 29.0 Å². The largest absolute Gasteiger partial charge is 1.00 e. The van der Waals surface area contributed by atoms with Crippen LogP contribution in [-0.2, 0) is 5.28 Å². The van der Waals surface area contributed by atoms with E-state index in [1.807, 2.05) is 0 Å². The Hall–Kier alpha value is -0.248. The van der Waals surface area contributed by atoms with Gasteiger partial charge >= 0.3 is 81.4 Å². The normalized spacial score (nSPS) is 9.42. The number of hydrogen-bond donors (Lipinski definition) is 0. The van der Waals surface area contributed by atoms with Crippen LogP contribution in [0.1, 0.15) is 26.8 Å². The average Bonchev–Trinajstić information content (AvgIpc) is 2.14. The molecule has 0 fully saturated rings. The van der Waals surface area contributed by atoms with Gasteiger partial charge in [-0.3, -0.25) is 0 Å². The van der Waals surface area contributed by atoms with E-state index >= 15 is 0 Å².